The van der Waals surface area contributed by atoms with Gasteiger partial charge in [0.25, 0.3) is 0 Å². The van der Waals surface area contributed by atoms with Crippen LogP contribution in [-0.4, -0.2) is 39.3 Å². The third kappa shape index (κ3) is 8.37. The van der Waals surface area contributed by atoms with E-state index in [9.17, 15) is 0 Å². The van der Waals surface area contributed by atoms with Crippen LogP contribution in [0.4, 0.5) is 0 Å². The van der Waals surface area contributed by atoms with Gasteiger partial charge in [0.05, 0.1) is 6.61 Å². The predicted octanol–water partition coefficient (Wildman–Crippen LogP) is 2.36. The number of benzene rings is 1. The van der Waals surface area contributed by atoms with Gasteiger partial charge < -0.3 is 15.4 Å². The lowest BCUT2D eigenvalue weighted by atomic mass is 10.1. The first-order valence-electron chi connectivity index (χ1n) is 6.84. The zero-order valence-electron chi connectivity index (χ0n) is 12.6. The summed E-state index contributed by atoms with van der Waals surface area (Å²) < 4.78 is 5.27. The van der Waals surface area contributed by atoms with E-state index in [0.717, 1.165) is 32.1 Å². The molecular formula is C15H26IN3O. The van der Waals surface area contributed by atoms with Gasteiger partial charge in [-0.25, -0.2) is 0 Å². The van der Waals surface area contributed by atoms with E-state index in [1.807, 2.05) is 6.92 Å². The minimum Gasteiger partial charge on any atom is -0.380 e. The largest absolute Gasteiger partial charge is 0.380 e. The summed E-state index contributed by atoms with van der Waals surface area (Å²) in [7, 11) is 1.78. The van der Waals surface area contributed by atoms with E-state index >= 15 is 0 Å². The average Bonchev–Trinajstić information content (AvgIpc) is 2.43. The van der Waals surface area contributed by atoms with Crippen molar-refractivity contribution in [2.45, 2.75) is 20.3 Å². The molecule has 0 spiro atoms. The molecule has 114 valence electrons. The number of nitrogens with zero attached hydrogens (tertiary/aromatic N) is 1. The molecule has 5 heteroatoms. The van der Waals surface area contributed by atoms with Crippen molar-refractivity contribution in [3.8, 4) is 0 Å². The van der Waals surface area contributed by atoms with Crippen LogP contribution >= 0.6 is 24.0 Å². The van der Waals surface area contributed by atoms with E-state index in [4.69, 9.17) is 4.74 Å². The molecule has 1 rings (SSSR count). The summed E-state index contributed by atoms with van der Waals surface area (Å²) in [6, 6.07) is 8.62. The van der Waals surface area contributed by atoms with Crippen LogP contribution in [0.3, 0.4) is 0 Å². The van der Waals surface area contributed by atoms with E-state index in [-0.39, 0.29) is 24.0 Å². The van der Waals surface area contributed by atoms with E-state index in [1.165, 1.54) is 11.1 Å². The fraction of sp³-hybridized carbons (Fsp3) is 0.533. The van der Waals surface area contributed by atoms with Gasteiger partial charge in [-0.3, -0.25) is 4.99 Å². The van der Waals surface area contributed by atoms with Crippen LogP contribution in [0.25, 0.3) is 0 Å². The number of hydrogen-bond acceptors (Lipinski definition) is 2. The fourth-order valence-corrected chi connectivity index (χ4v) is 1.69. The molecule has 0 aliphatic rings. The highest BCUT2D eigenvalue weighted by Crippen LogP contribution is 2.02. The van der Waals surface area contributed by atoms with E-state index in [1.54, 1.807) is 7.05 Å². The predicted molar refractivity (Wildman–Crippen MR) is 96.2 cm³/mol. The van der Waals surface area contributed by atoms with Gasteiger partial charge in [-0.05, 0) is 25.8 Å². The van der Waals surface area contributed by atoms with E-state index in [0.29, 0.717) is 6.61 Å². The monoisotopic (exact) mass is 391 g/mol. The summed E-state index contributed by atoms with van der Waals surface area (Å²) in [4.78, 5) is 4.17. The molecule has 0 aliphatic carbocycles. The van der Waals surface area contributed by atoms with Crippen LogP contribution in [0.15, 0.2) is 29.3 Å². The normalized spacial score (nSPS) is 10.8. The van der Waals surface area contributed by atoms with Crippen molar-refractivity contribution in [2.75, 3.05) is 33.4 Å². The quantitative estimate of drug-likeness (QED) is 0.325. The van der Waals surface area contributed by atoms with Crippen LogP contribution in [-0.2, 0) is 11.2 Å². The standard InChI is InChI=1S/C15H25N3O.HI/c1-4-19-12-11-18-15(16-3)17-10-9-14-7-5-13(2)6-8-14;/h5-8H,4,9-12H2,1-3H3,(H2,16,17,18);1H. The topological polar surface area (TPSA) is 45.6 Å². The molecule has 0 heterocycles. The SMILES string of the molecule is CCOCCNC(=NC)NCCc1ccc(C)cc1.I. The Morgan fingerprint density at radius 1 is 1.15 bits per heavy atom. The van der Waals surface area contributed by atoms with Gasteiger partial charge in [-0.15, -0.1) is 24.0 Å². The molecule has 0 fully saturated rings. The average molecular weight is 391 g/mol. The number of hydrogen-bond donors (Lipinski definition) is 2. The number of guanidine groups is 1. The molecule has 1 aromatic rings. The summed E-state index contributed by atoms with van der Waals surface area (Å²) in [5.41, 5.74) is 2.63. The summed E-state index contributed by atoms with van der Waals surface area (Å²) in [5, 5.41) is 6.51. The molecule has 0 aliphatic heterocycles. The second-order valence-corrected chi connectivity index (χ2v) is 4.36. The summed E-state index contributed by atoms with van der Waals surface area (Å²) in [5.74, 6) is 0.826. The maximum Gasteiger partial charge on any atom is 0.191 e. The summed E-state index contributed by atoms with van der Waals surface area (Å²) >= 11 is 0. The van der Waals surface area contributed by atoms with Crippen molar-refractivity contribution in [3.63, 3.8) is 0 Å². The summed E-state index contributed by atoms with van der Waals surface area (Å²) in [6.07, 6.45) is 0.992. The fourth-order valence-electron chi connectivity index (χ4n) is 1.69. The Hall–Kier alpha value is -0.820. The Labute approximate surface area is 139 Å². The molecule has 0 amide bonds. The van der Waals surface area contributed by atoms with Gasteiger partial charge in [-0.1, -0.05) is 29.8 Å². The van der Waals surface area contributed by atoms with Gasteiger partial charge in [0, 0.05) is 26.7 Å². The molecule has 4 nitrogen and oxygen atoms in total. The van der Waals surface area contributed by atoms with Crippen molar-refractivity contribution in [2.24, 2.45) is 4.99 Å². The highest BCUT2D eigenvalue weighted by atomic mass is 127. The van der Waals surface area contributed by atoms with Crippen molar-refractivity contribution in [1.29, 1.82) is 0 Å². The lowest BCUT2D eigenvalue weighted by molar-refractivity contribution is 0.152. The minimum absolute atomic E-state index is 0. The summed E-state index contributed by atoms with van der Waals surface area (Å²) in [6.45, 7) is 7.20. The number of nitrogens with one attached hydrogen (secondary N) is 2. The first kappa shape index (κ1) is 19.2. The molecule has 0 atom stereocenters. The Morgan fingerprint density at radius 3 is 2.40 bits per heavy atom. The number of ether oxygens (including phenoxy) is 1. The molecule has 0 saturated carbocycles. The molecule has 0 radical (unpaired) electrons. The Bertz CT molecular complexity index is 379. The highest BCUT2D eigenvalue weighted by molar-refractivity contribution is 14.0. The van der Waals surface area contributed by atoms with Crippen molar-refractivity contribution in [3.05, 3.63) is 35.4 Å². The van der Waals surface area contributed by atoms with Gasteiger partial charge in [-0.2, -0.15) is 0 Å². The van der Waals surface area contributed by atoms with E-state index < -0.39 is 0 Å². The smallest absolute Gasteiger partial charge is 0.191 e. The van der Waals surface area contributed by atoms with Crippen molar-refractivity contribution >= 4 is 29.9 Å². The van der Waals surface area contributed by atoms with Crippen LogP contribution < -0.4 is 10.6 Å². The van der Waals surface area contributed by atoms with Gasteiger partial charge in [0.2, 0.25) is 0 Å². The van der Waals surface area contributed by atoms with Gasteiger partial charge in [0.15, 0.2) is 5.96 Å². The third-order valence-corrected chi connectivity index (χ3v) is 2.79. The number of halogens is 1. The van der Waals surface area contributed by atoms with Crippen molar-refractivity contribution in [1.82, 2.24) is 10.6 Å². The highest BCUT2D eigenvalue weighted by Gasteiger charge is 1.97. The Morgan fingerprint density at radius 2 is 1.80 bits per heavy atom. The van der Waals surface area contributed by atoms with Crippen LogP contribution in [0.2, 0.25) is 0 Å². The maximum absolute atomic E-state index is 5.27. The first-order chi connectivity index (χ1) is 9.26. The van der Waals surface area contributed by atoms with Gasteiger partial charge in [0.1, 0.15) is 0 Å². The second kappa shape index (κ2) is 12.0. The zero-order valence-corrected chi connectivity index (χ0v) is 14.9. The number of aryl methyl sites for hydroxylation is 1. The molecule has 2 N–H and O–H groups in total. The zero-order chi connectivity index (χ0) is 13.9. The molecule has 1 aromatic carbocycles. The van der Waals surface area contributed by atoms with Crippen LogP contribution in [0.1, 0.15) is 18.1 Å². The molecular weight excluding hydrogens is 365 g/mol. The van der Waals surface area contributed by atoms with Gasteiger partial charge >= 0.3 is 0 Å². The first-order valence-corrected chi connectivity index (χ1v) is 6.84. The third-order valence-electron chi connectivity index (χ3n) is 2.79. The molecule has 20 heavy (non-hydrogen) atoms. The number of aliphatic imine (C=N–C) groups is 1. The maximum atomic E-state index is 5.27. The molecule has 0 bridgehead atoms. The van der Waals surface area contributed by atoms with E-state index in [2.05, 4.69) is 46.8 Å². The molecule has 0 aromatic heterocycles. The second-order valence-electron chi connectivity index (χ2n) is 4.36. The van der Waals surface area contributed by atoms with Crippen molar-refractivity contribution < 1.29 is 4.74 Å². The Kier molecular flexibility index (Phi) is 11.5. The lowest BCUT2D eigenvalue weighted by Crippen LogP contribution is -2.39. The lowest BCUT2D eigenvalue weighted by Gasteiger charge is -2.11. The van der Waals surface area contributed by atoms with Crippen LogP contribution in [0.5, 0.6) is 0 Å². The number of rotatable bonds is 7. The Balaban J connectivity index is 0.00000361. The minimum atomic E-state index is 0. The van der Waals surface area contributed by atoms with Crippen LogP contribution in [0, 0.1) is 6.92 Å². The molecule has 0 unspecified atom stereocenters. The molecule has 0 saturated heterocycles.